The molecule has 0 spiro atoms. The van der Waals surface area contributed by atoms with Gasteiger partial charge in [-0.15, -0.1) is 11.3 Å². The Bertz CT molecular complexity index is 2900. The fraction of sp³-hybridized carbons (Fsp3) is 0. The molecule has 0 amide bonds. The van der Waals surface area contributed by atoms with Crippen LogP contribution in [0.15, 0.2) is 201 Å². The molecule has 0 unspecified atom stereocenters. The van der Waals surface area contributed by atoms with Gasteiger partial charge in [-0.2, -0.15) is 0 Å². The van der Waals surface area contributed by atoms with Crippen molar-refractivity contribution < 1.29 is 0 Å². The molecule has 9 rings (SSSR count). The van der Waals surface area contributed by atoms with E-state index >= 15 is 0 Å². The highest BCUT2D eigenvalue weighted by Gasteiger charge is 2.15. The molecule has 0 bridgehead atoms. The van der Waals surface area contributed by atoms with Crippen molar-refractivity contribution in [2.45, 2.75) is 0 Å². The van der Waals surface area contributed by atoms with E-state index in [4.69, 9.17) is 15.0 Å². The molecular weight excluding hydrogens is 687 g/mol. The first-order chi connectivity index (χ1) is 27.1. The van der Waals surface area contributed by atoms with Crippen LogP contribution in [0.3, 0.4) is 0 Å². The second-order valence-electron chi connectivity index (χ2n) is 13.3. The normalized spacial score (nSPS) is 11.5. The van der Waals surface area contributed by atoms with Crippen LogP contribution >= 0.6 is 11.3 Å². The molecule has 0 fully saturated rings. The van der Waals surface area contributed by atoms with Crippen LogP contribution in [-0.2, 0) is 0 Å². The summed E-state index contributed by atoms with van der Waals surface area (Å²) >= 11 is 1.84. The number of rotatable bonds is 9. The number of aromatic nitrogens is 3. The van der Waals surface area contributed by atoms with Crippen LogP contribution in [0.5, 0.6) is 0 Å². The quantitative estimate of drug-likeness (QED) is 0.139. The van der Waals surface area contributed by atoms with E-state index in [1.165, 1.54) is 25.7 Å². The number of hydrogen-bond acceptors (Lipinski definition) is 4. The first kappa shape index (κ1) is 33.8. The number of hydrogen-bond donors (Lipinski definition) is 0. The highest BCUT2D eigenvalue weighted by molar-refractivity contribution is 7.26. The van der Waals surface area contributed by atoms with Gasteiger partial charge in [0.15, 0.2) is 17.5 Å². The molecule has 0 aliphatic carbocycles. The van der Waals surface area contributed by atoms with E-state index < -0.39 is 0 Å². The predicted octanol–water partition coefficient (Wildman–Crippen LogP) is 14.0. The van der Waals surface area contributed by atoms with Crippen molar-refractivity contribution in [2.24, 2.45) is 0 Å². The van der Waals surface area contributed by atoms with Crippen molar-refractivity contribution in [1.82, 2.24) is 15.0 Å². The largest absolute Gasteiger partial charge is 0.208 e. The molecule has 3 nitrogen and oxygen atoms in total. The number of allylic oxidation sites excluding steroid dienone is 4. The molecule has 0 saturated heterocycles. The lowest BCUT2D eigenvalue weighted by Gasteiger charge is -2.11. The van der Waals surface area contributed by atoms with Crippen LogP contribution in [0.1, 0.15) is 5.56 Å². The third kappa shape index (κ3) is 6.72. The molecule has 55 heavy (non-hydrogen) atoms. The van der Waals surface area contributed by atoms with Crippen molar-refractivity contribution in [3.8, 4) is 67.5 Å². The van der Waals surface area contributed by atoms with E-state index in [9.17, 15) is 0 Å². The third-order valence-electron chi connectivity index (χ3n) is 9.89. The number of thiophene rings is 1. The van der Waals surface area contributed by atoms with Gasteiger partial charge < -0.3 is 0 Å². The molecule has 0 saturated carbocycles. The Morgan fingerprint density at radius 1 is 0.436 bits per heavy atom. The summed E-state index contributed by atoms with van der Waals surface area (Å²) < 4.78 is 2.60. The van der Waals surface area contributed by atoms with Crippen LogP contribution < -0.4 is 0 Å². The van der Waals surface area contributed by atoms with E-state index in [-0.39, 0.29) is 0 Å². The Hall–Kier alpha value is -7.01. The minimum Gasteiger partial charge on any atom is -0.208 e. The van der Waals surface area contributed by atoms with Crippen LogP contribution in [0.2, 0.25) is 0 Å². The molecule has 0 radical (unpaired) electrons. The van der Waals surface area contributed by atoms with Gasteiger partial charge in [-0.3, -0.25) is 0 Å². The molecule has 0 aliphatic rings. The molecule has 9 aromatic rings. The smallest absolute Gasteiger partial charge is 0.164 e. The summed E-state index contributed by atoms with van der Waals surface area (Å²) in [6, 6.07) is 59.5. The summed E-state index contributed by atoms with van der Waals surface area (Å²) in [5.74, 6) is 1.89. The standard InChI is InChI=1S/C51H35N3S/c1-3-14-34(4-2)38-17-10-18-39(31-38)40-19-11-20-41(32-40)42-21-12-22-43(33-42)51-53-49(36-15-6-5-7-16-36)52-50(54-51)37-29-27-35(28-30-37)44-24-13-25-46-45-23-8-9-26-47(45)55-48(44)46/h3-33H,1-2H2/b34-14+. The Balaban J connectivity index is 1.08. The number of fused-ring (bicyclic) bond motifs is 3. The van der Waals surface area contributed by atoms with E-state index in [0.29, 0.717) is 17.5 Å². The van der Waals surface area contributed by atoms with Crippen LogP contribution in [-0.4, -0.2) is 15.0 Å². The van der Waals surface area contributed by atoms with Gasteiger partial charge in [-0.05, 0) is 68.8 Å². The van der Waals surface area contributed by atoms with E-state index in [2.05, 4.69) is 153 Å². The summed E-state index contributed by atoms with van der Waals surface area (Å²) in [7, 11) is 0. The zero-order chi connectivity index (χ0) is 37.1. The van der Waals surface area contributed by atoms with Gasteiger partial charge in [0.25, 0.3) is 0 Å². The zero-order valence-corrected chi connectivity index (χ0v) is 30.9. The van der Waals surface area contributed by atoms with Crippen LogP contribution in [0, 0.1) is 0 Å². The minimum absolute atomic E-state index is 0.625. The van der Waals surface area contributed by atoms with Gasteiger partial charge in [0.1, 0.15) is 0 Å². The highest BCUT2D eigenvalue weighted by atomic mass is 32.1. The van der Waals surface area contributed by atoms with Crippen molar-refractivity contribution in [2.75, 3.05) is 0 Å². The molecule has 7 aromatic carbocycles. The topological polar surface area (TPSA) is 38.7 Å². The van der Waals surface area contributed by atoms with Gasteiger partial charge in [-0.1, -0.05) is 177 Å². The Labute approximate surface area is 325 Å². The van der Waals surface area contributed by atoms with Crippen LogP contribution in [0.4, 0.5) is 0 Å². The van der Waals surface area contributed by atoms with Gasteiger partial charge in [0, 0.05) is 36.9 Å². The van der Waals surface area contributed by atoms with Crippen molar-refractivity contribution in [3.05, 3.63) is 207 Å². The molecular formula is C51H35N3S. The molecule has 0 atom stereocenters. The molecule has 0 N–H and O–H groups in total. The fourth-order valence-electron chi connectivity index (χ4n) is 7.13. The lowest BCUT2D eigenvalue weighted by atomic mass is 9.95. The Kier molecular flexibility index (Phi) is 9.09. The molecule has 2 heterocycles. The molecule has 0 aliphatic heterocycles. The van der Waals surface area contributed by atoms with E-state index in [0.717, 1.165) is 55.6 Å². The lowest BCUT2D eigenvalue weighted by molar-refractivity contribution is 1.07. The molecule has 2 aromatic heterocycles. The summed E-state index contributed by atoms with van der Waals surface area (Å²) in [6.45, 7) is 7.85. The summed E-state index contributed by atoms with van der Waals surface area (Å²) in [6.07, 6.45) is 5.63. The second-order valence-corrected chi connectivity index (χ2v) is 14.4. The van der Waals surface area contributed by atoms with Gasteiger partial charge in [0.05, 0.1) is 0 Å². The Morgan fingerprint density at radius 3 is 1.64 bits per heavy atom. The summed E-state index contributed by atoms with van der Waals surface area (Å²) in [4.78, 5) is 15.1. The maximum absolute atomic E-state index is 5.09. The zero-order valence-electron chi connectivity index (χ0n) is 30.1. The van der Waals surface area contributed by atoms with Crippen LogP contribution in [0.25, 0.3) is 93.3 Å². The predicted molar refractivity (Wildman–Crippen MR) is 234 cm³/mol. The summed E-state index contributed by atoms with van der Waals surface area (Å²) in [5, 5.41) is 2.59. The average Bonchev–Trinajstić information content (AvgIpc) is 3.65. The van der Waals surface area contributed by atoms with E-state index in [1.807, 2.05) is 53.8 Å². The van der Waals surface area contributed by atoms with Crippen molar-refractivity contribution >= 4 is 37.1 Å². The first-order valence-corrected chi connectivity index (χ1v) is 19.1. The third-order valence-corrected chi connectivity index (χ3v) is 11.1. The Morgan fingerprint density at radius 2 is 0.945 bits per heavy atom. The second kappa shape index (κ2) is 14.8. The number of nitrogens with zero attached hydrogens (tertiary/aromatic N) is 3. The van der Waals surface area contributed by atoms with Gasteiger partial charge >= 0.3 is 0 Å². The van der Waals surface area contributed by atoms with Gasteiger partial charge in [0.2, 0.25) is 0 Å². The summed E-state index contributed by atoms with van der Waals surface area (Å²) in [5.41, 5.74) is 11.8. The SMILES string of the molecule is C=C/C=C(\C=C)c1cccc(-c2cccc(-c3cccc(-c4nc(-c5ccccc5)nc(-c5ccc(-c6cccc7c6sc6ccccc67)cc5)n4)c3)c2)c1. The van der Waals surface area contributed by atoms with E-state index in [1.54, 1.807) is 6.08 Å². The number of benzene rings is 7. The molecule has 4 heteroatoms. The maximum atomic E-state index is 5.09. The average molecular weight is 722 g/mol. The molecule has 260 valence electrons. The lowest BCUT2D eigenvalue weighted by Crippen LogP contribution is -2.00. The van der Waals surface area contributed by atoms with Crippen molar-refractivity contribution in [3.63, 3.8) is 0 Å². The first-order valence-electron chi connectivity index (χ1n) is 18.2. The van der Waals surface area contributed by atoms with Gasteiger partial charge in [-0.25, -0.2) is 15.0 Å². The minimum atomic E-state index is 0.625. The maximum Gasteiger partial charge on any atom is 0.164 e. The highest BCUT2D eigenvalue weighted by Crippen LogP contribution is 2.40. The monoisotopic (exact) mass is 721 g/mol. The van der Waals surface area contributed by atoms with Crippen molar-refractivity contribution in [1.29, 1.82) is 0 Å². The fourth-order valence-corrected chi connectivity index (χ4v) is 8.37.